The van der Waals surface area contributed by atoms with Crippen LogP contribution in [-0.2, 0) is 16.0 Å². The first-order chi connectivity index (χ1) is 9.69. The lowest BCUT2D eigenvalue weighted by Gasteiger charge is -2.30. The summed E-state index contributed by atoms with van der Waals surface area (Å²) >= 11 is 0. The molecule has 0 bridgehead atoms. The summed E-state index contributed by atoms with van der Waals surface area (Å²) < 4.78 is 6.02. The van der Waals surface area contributed by atoms with Crippen LogP contribution in [0.2, 0.25) is 0 Å². The Hall–Kier alpha value is -1.93. The Labute approximate surface area is 119 Å². The molecule has 2 aromatic rings. The van der Waals surface area contributed by atoms with E-state index in [1.54, 1.807) is 0 Å². The Morgan fingerprint density at radius 3 is 2.70 bits per heavy atom. The first-order valence-electron chi connectivity index (χ1n) is 6.94. The highest BCUT2D eigenvalue weighted by molar-refractivity contribution is 5.62. The topological polar surface area (TPSA) is 26.3 Å². The number of rotatable bonds is 2. The predicted octanol–water partition coefficient (Wildman–Crippen LogP) is 3.86. The third-order valence-corrected chi connectivity index (χ3v) is 3.98. The Morgan fingerprint density at radius 2 is 1.90 bits per heavy atom. The first-order valence-corrected chi connectivity index (χ1v) is 6.94. The number of hydrogen-bond donors (Lipinski definition) is 0. The van der Waals surface area contributed by atoms with Crippen molar-refractivity contribution in [2.24, 2.45) is 0 Å². The molecule has 0 radical (unpaired) electrons. The molecule has 0 saturated heterocycles. The van der Waals surface area contributed by atoms with Gasteiger partial charge in [0.05, 0.1) is 6.10 Å². The highest BCUT2D eigenvalue weighted by Gasteiger charge is 2.28. The van der Waals surface area contributed by atoms with E-state index in [-0.39, 0.29) is 6.10 Å². The fourth-order valence-electron chi connectivity index (χ4n) is 2.89. The minimum Gasteiger partial charge on any atom is -0.358 e. The number of aryl methyl sites for hydroxylation is 2. The second kappa shape index (κ2) is 5.22. The molecule has 0 N–H and O–H groups in total. The third-order valence-electron chi connectivity index (χ3n) is 3.98. The molecule has 20 heavy (non-hydrogen) atoms. The molecule has 2 unspecified atom stereocenters. The normalized spacial score (nSPS) is 21.3. The molecule has 2 nitrogen and oxygen atoms in total. The van der Waals surface area contributed by atoms with Crippen molar-refractivity contribution in [2.75, 3.05) is 0 Å². The summed E-state index contributed by atoms with van der Waals surface area (Å²) in [6.07, 6.45) is 1.23. The minimum absolute atomic E-state index is 0.0417. The van der Waals surface area contributed by atoms with E-state index in [1.807, 2.05) is 18.2 Å². The van der Waals surface area contributed by atoms with Crippen molar-refractivity contribution in [2.45, 2.75) is 32.5 Å². The molecule has 3 rings (SSSR count). The second-order valence-corrected chi connectivity index (χ2v) is 5.44. The van der Waals surface area contributed by atoms with Gasteiger partial charge in [0, 0.05) is 6.42 Å². The van der Waals surface area contributed by atoms with Crippen LogP contribution in [0.15, 0.2) is 42.5 Å². The molecule has 0 fully saturated rings. The van der Waals surface area contributed by atoms with Gasteiger partial charge in [0.25, 0.3) is 0 Å². The molecule has 1 heterocycles. The maximum Gasteiger partial charge on any atom is 0.153 e. The Balaban J connectivity index is 2.02. The van der Waals surface area contributed by atoms with E-state index in [9.17, 15) is 4.79 Å². The summed E-state index contributed by atoms with van der Waals surface area (Å²) in [6.45, 7) is 4.17. The van der Waals surface area contributed by atoms with E-state index in [0.29, 0.717) is 0 Å². The standard InChI is InChI=1S/C18H18O2/c1-12-7-8-13(2)16(9-12)17-10-14-5-3-4-6-15(14)18(11-19)20-17/h3-9,11,17-18H,10H2,1-2H3. The number of ether oxygens (including phenoxy) is 1. The van der Waals surface area contributed by atoms with Crippen LogP contribution in [0.3, 0.4) is 0 Å². The molecule has 2 heteroatoms. The molecule has 102 valence electrons. The maximum absolute atomic E-state index is 11.3. The lowest BCUT2D eigenvalue weighted by Crippen LogP contribution is -2.21. The monoisotopic (exact) mass is 266 g/mol. The summed E-state index contributed by atoms with van der Waals surface area (Å²) in [5.74, 6) is 0. The number of fused-ring (bicyclic) bond motifs is 1. The number of hydrogen-bond acceptors (Lipinski definition) is 2. The van der Waals surface area contributed by atoms with Crippen LogP contribution in [0, 0.1) is 13.8 Å². The zero-order chi connectivity index (χ0) is 14.1. The van der Waals surface area contributed by atoms with Crippen molar-refractivity contribution in [3.63, 3.8) is 0 Å². The largest absolute Gasteiger partial charge is 0.358 e. The van der Waals surface area contributed by atoms with Crippen molar-refractivity contribution in [3.05, 3.63) is 70.3 Å². The maximum atomic E-state index is 11.3. The molecular weight excluding hydrogens is 248 g/mol. The minimum atomic E-state index is -0.454. The fourth-order valence-corrected chi connectivity index (χ4v) is 2.89. The number of carbonyl (C=O) groups is 1. The summed E-state index contributed by atoms with van der Waals surface area (Å²) in [5.41, 5.74) is 5.83. The highest BCUT2D eigenvalue weighted by Crippen LogP contribution is 2.37. The van der Waals surface area contributed by atoms with E-state index in [0.717, 1.165) is 18.3 Å². The molecule has 1 aliphatic heterocycles. The van der Waals surface area contributed by atoms with Gasteiger partial charge in [-0.2, -0.15) is 0 Å². The molecule has 2 atom stereocenters. The predicted molar refractivity (Wildman–Crippen MR) is 78.7 cm³/mol. The zero-order valence-electron chi connectivity index (χ0n) is 11.8. The van der Waals surface area contributed by atoms with Gasteiger partial charge in [0.1, 0.15) is 6.10 Å². The van der Waals surface area contributed by atoms with Crippen LogP contribution in [0.5, 0.6) is 0 Å². The molecule has 2 aromatic carbocycles. The van der Waals surface area contributed by atoms with Gasteiger partial charge in [0.2, 0.25) is 0 Å². The van der Waals surface area contributed by atoms with Crippen LogP contribution in [0.4, 0.5) is 0 Å². The van der Waals surface area contributed by atoms with E-state index in [2.05, 4.69) is 38.1 Å². The van der Waals surface area contributed by atoms with Gasteiger partial charge in [-0.15, -0.1) is 0 Å². The van der Waals surface area contributed by atoms with Gasteiger partial charge in [-0.05, 0) is 36.1 Å². The van der Waals surface area contributed by atoms with Crippen LogP contribution >= 0.6 is 0 Å². The fraction of sp³-hybridized carbons (Fsp3) is 0.278. The van der Waals surface area contributed by atoms with Gasteiger partial charge in [0.15, 0.2) is 6.29 Å². The van der Waals surface area contributed by atoms with E-state index in [1.165, 1.54) is 22.3 Å². The SMILES string of the molecule is Cc1ccc(C)c(C2Cc3ccccc3C(C=O)O2)c1. The molecule has 0 saturated carbocycles. The van der Waals surface area contributed by atoms with Crippen molar-refractivity contribution in [3.8, 4) is 0 Å². The smallest absolute Gasteiger partial charge is 0.153 e. The zero-order valence-corrected chi connectivity index (χ0v) is 11.8. The summed E-state index contributed by atoms with van der Waals surface area (Å²) in [7, 11) is 0. The van der Waals surface area contributed by atoms with Gasteiger partial charge < -0.3 is 9.53 Å². The molecule has 0 spiro atoms. The number of benzene rings is 2. The average Bonchev–Trinajstić information content (AvgIpc) is 2.48. The first kappa shape index (κ1) is 13.1. The molecule has 0 amide bonds. The van der Waals surface area contributed by atoms with Crippen molar-refractivity contribution < 1.29 is 9.53 Å². The van der Waals surface area contributed by atoms with Gasteiger partial charge in [-0.3, -0.25) is 0 Å². The van der Waals surface area contributed by atoms with E-state index < -0.39 is 6.10 Å². The quantitative estimate of drug-likeness (QED) is 0.772. The number of aldehydes is 1. The third kappa shape index (κ3) is 2.27. The molecule has 1 aliphatic rings. The molecule has 0 aliphatic carbocycles. The number of carbonyl (C=O) groups excluding carboxylic acids is 1. The van der Waals surface area contributed by atoms with Crippen molar-refractivity contribution in [1.29, 1.82) is 0 Å². The Morgan fingerprint density at radius 1 is 1.10 bits per heavy atom. The van der Waals surface area contributed by atoms with Gasteiger partial charge >= 0.3 is 0 Å². The van der Waals surface area contributed by atoms with Crippen LogP contribution in [-0.4, -0.2) is 6.29 Å². The summed E-state index contributed by atoms with van der Waals surface area (Å²) in [4.78, 5) is 11.3. The second-order valence-electron chi connectivity index (χ2n) is 5.44. The summed E-state index contributed by atoms with van der Waals surface area (Å²) in [6, 6.07) is 14.4. The van der Waals surface area contributed by atoms with Gasteiger partial charge in [-0.25, -0.2) is 0 Å². The van der Waals surface area contributed by atoms with Crippen LogP contribution < -0.4 is 0 Å². The Bertz CT molecular complexity index is 646. The molecule has 0 aromatic heterocycles. The lowest BCUT2D eigenvalue weighted by atomic mass is 9.89. The average molecular weight is 266 g/mol. The van der Waals surface area contributed by atoms with Crippen LogP contribution in [0.25, 0.3) is 0 Å². The van der Waals surface area contributed by atoms with Crippen LogP contribution in [0.1, 0.15) is 40.0 Å². The molecular formula is C18H18O2. The van der Waals surface area contributed by atoms with E-state index >= 15 is 0 Å². The lowest BCUT2D eigenvalue weighted by molar-refractivity contribution is -0.124. The summed E-state index contributed by atoms with van der Waals surface area (Å²) in [5, 5.41) is 0. The van der Waals surface area contributed by atoms with Crippen molar-refractivity contribution in [1.82, 2.24) is 0 Å². The highest BCUT2D eigenvalue weighted by atomic mass is 16.5. The van der Waals surface area contributed by atoms with E-state index in [4.69, 9.17) is 4.74 Å². The Kier molecular flexibility index (Phi) is 3.41. The van der Waals surface area contributed by atoms with Crippen molar-refractivity contribution >= 4 is 6.29 Å². The van der Waals surface area contributed by atoms with Gasteiger partial charge in [-0.1, -0.05) is 48.0 Å².